The van der Waals surface area contributed by atoms with Crippen LogP contribution in [0.2, 0.25) is 0 Å². The molecular formula is C25H20N6O. The average molecular weight is 420 g/mol. The van der Waals surface area contributed by atoms with Crippen molar-refractivity contribution in [3.05, 3.63) is 104 Å². The van der Waals surface area contributed by atoms with Gasteiger partial charge >= 0.3 is 0 Å². The Labute approximate surface area is 185 Å². The summed E-state index contributed by atoms with van der Waals surface area (Å²) in [7, 11) is 0. The standard InChI is InChI=1S/C25H20N6O/c26-22-24(30-31(19-11-3-1-4-12-19)20-13-5-2-6-14-20)28-17-29-25(22)32-21-15-7-9-18-10-8-16-27-23(18)21/h1-17H,26H2,(H,28,29,30). The van der Waals surface area contributed by atoms with Crippen molar-refractivity contribution in [3.63, 3.8) is 0 Å². The Balaban J connectivity index is 1.50. The highest BCUT2D eigenvalue weighted by atomic mass is 16.5. The monoisotopic (exact) mass is 420 g/mol. The first-order chi connectivity index (χ1) is 15.8. The van der Waals surface area contributed by atoms with E-state index in [-0.39, 0.29) is 11.6 Å². The van der Waals surface area contributed by atoms with Gasteiger partial charge in [0, 0.05) is 11.6 Å². The zero-order valence-electron chi connectivity index (χ0n) is 17.1. The second-order valence-corrected chi connectivity index (χ2v) is 6.99. The van der Waals surface area contributed by atoms with Crippen molar-refractivity contribution >= 4 is 33.8 Å². The molecule has 0 atom stereocenters. The number of nitrogens with zero attached hydrogens (tertiary/aromatic N) is 4. The molecule has 156 valence electrons. The molecule has 0 bridgehead atoms. The molecule has 0 saturated heterocycles. The van der Waals surface area contributed by atoms with Crippen LogP contribution in [0.5, 0.6) is 11.6 Å². The van der Waals surface area contributed by atoms with Crippen LogP contribution in [-0.4, -0.2) is 15.0 Å². The molecule has 7 heteroatoms. The molecule has 0 fully saturated rings. The lowest BCUT2D eigenvalue weighted by molar-refractivity contribution is 0.469. The number of rotatable bonds is 6. The van der Waals surface area contributed by atoms with Crippen molar-refractivity contribution in [3.8, 4) is 11.6 Å². The van der Waals surface area contributed by atoms with Gasteiger partial charge in [0.15, 0.2) is 11.6 Å². The zero-order valence-corrected chi connectivity index (χ0v) is 17.1. The molecule has 0 unspecified atom stereocenters. The molecule has 2 heterocycles. The maximum Gasteiger partial charge on any atom is 0.248 e. The van der Waals surface area contributed by atoms with Crippen molar-refractivity contribution in [2.75, 3.05) is 16.2 Å². The Morgan fingerprint density at radius 1 is 0.719 bits per heavy atom. The summed E-state index contributed by atoms with van der Waals surface area (Å²) in [6.07, 6.45) is 3.14. The summed E-state index contributed by atoms with van der Waals surface area (Å²) in [6.45, 7) is 0. The molecule has 32 heavy (non-hydrogen) atoms. The SMILES string of the molecule is Nc1c(NN(c2ccccc2)c2ccccc2)ncnc1Oc1cccc2cccnc12. The van der Waals surface area contributed by atoms with Crippen molar-refractivity contribution in [1.29, 1.82) is 0 Å². The lowest BCUT2D eigenvalue weighted by atomic mass is 10.2. The van der Waals surface area contributed by atoms with Gasteiger partial charge in [-0.05, 0) is 36.4 Å². The Kier molecular flexibility index (Phi) is 5.20. The van der Waals surface area contributed by atoms with Gasteiger partial charge in [-0.15, -0.1) is 0 Å². The summed E-state index contributed by atoms with van der Waals surface area (Å²) < 4.78 is 6.06. The third-order valence-electron chi connectivity index (χ3n) is 4.90. The fourth-order valence-corrected chi connectivity index (χ4v) is 3.35. The van der Waals surface area contributed by atoms with E-state index in [1.165, 1.54) is 6.33 Å². The first kappa shape index (κ1) is 19.3. The van der Waals surface area contributed by atoms with Crippen molar-refractivity contribution in [1.82, 2.24) is 15.0 Å². The zero-order chi connectivity index (χ0) is 21.8. The van der Waals surface area contributed by atoms with Crippen LogP contribution >= 0.6 is 0 Å². The van der Waals surface area contributed by atoms with Crippen LogP contribution in [0.25, 0.3) is 10.9 Å². The highest BCUT2D eigenvalue weighted by Crippen LogP contribution is 2.34. The summed E-state index contributed by atoms with van der Waals surface area (Å²) in [5.74, 6) is 1.25. The van der Waals surface area contributed by atoms with Crippen molar-refractivity contribution < 1.29 is 4.74 Å². The number of nitrogen functional groups attached to an aromatic ring is 1. The van der Waals surface area contributed by atoms with Gasteiger partial charge in [-0.2, -0.15) is 4.98 Å². The van der Waals surface area contributed by atoms with E-state index in [9.17, 15) is 0 Å². The number of ether oxygens (including phenoxy) is 1. The van der Waals surface area contributed by atoms with E-state index in [0.29, 0.717) is 11.6 Å². The second kappa shape index (κ2) is 8.61. The highest BCUT2D eigenvalue weighted by Gasteiger charge is 2.16. The maximum atomic E-state index is 6.42. The number of anilines is 4. The molecule has 0 radical (unpaired) electrons. The fraction of sp³-hybridized carbons (Fsp3) is 0. The number of hydrogen-bond donors (Lipinski definition) is 2. The quantitative estimate of drug-likeness (QED) is 0.347. The molecule has 3 N–H and O–H groups in total. The Bertz CT molecular complexity index is 1300. The third kappa shape index (κ3) is 3.87. The molecule has 0 spiro atoms. The Hall–Kier alpha value is -4.65. The molecule has 5 rings (SSSR count). The Morgan fingerprint density at radius 3 is 2.12 bits per heavy atom. The van der Waals surface area contributed by atoms with Crippen molar-refractivity contribution in [2.45, 2.75) is 0 Å². The Morgan fingerprint density at radius 2 is 1.41 bits per heavy atom. The molecule has 0 aliphatic carbocycles. The molecule has 7 nitrogen and oxygen atoms in total. The highest BCUT2D eigenvalue weighted by molar-refractivity contribution is 5.85. The summed E-state index contributed by atoms with van der Waals surface area (Å²) in [5.41, 5.74) is 12.6. The van der Waals surface area contributed by atoms with Crippen molar-refractivity contribution in [2.24, 2.45) is 0 Å². The fourth-order valence-electron chi connectivity index (χ4n) is 3.35. The van der Waals surface area contributed by atoms with Crippen LogP contribution in [0.3, 0.4) is 0 Å². The van der Waals surface area contributed by atoms with Crippen LogP contribution < -0.4 is 20.9 Å². The molecule has 3 aromatic carbocycles. The molecule has 2 aromatic heterocycles. The van der Waals surface area contributed by atoms with Gasteiger partial charge in [0.05, 0.1) is 11.4 Å². The summed E-state index contributed by atoms with van der Waals surface area (Å²) in [4.78, 5) is 13.0. The molecular weight excluding hydrogens is 400 g/mol. The number of fused-ring (bicyclic) bond motifs is 1. The first-order valence-corrected chi connectivity index (χ1v) is 10.1. The van der Waals surface area contributed by atoms with E-state index >= 15 is 0 Å². The van der Waals surface area contributed by atoms with Gasteiger partial charge in [0.2, 0.25) is 5.88 Å². The average Bonchev–Trinajstić information content (AvgIpc) is 2.86. The summed E-state index contributed by atoms with van der Waals surface area (Å²) >= 11 is 0. The number of nitrogens with two attached hydrogens (primary N) is 1. The lowest BCUT2D eigenvalue weighted by Crippen LogP contribution is -2.25. The van der Waals surface area contributed by atoms with E-state index in [1.54, 1.807) is 6.20 Å². The number of para-hydroxylation sites is 3. The number of hydrogen-bond acceptors (Lipinski definition) is 7. The predicted molar refractivity (Wildman–Crippen MR) is 127 cm³/mol. The molecule has 0 saturated carbocycles. The minimum Gasteiger partial charge on any atom is -0.435 e. The number of hydrazine groups is 1. The number of aromatic nitrogens is 3. The lowest BCUT2D eigenvalue weighted by Gasteiger charge is -2.26. The molecule has 5 aromatic rings. The molecule has 0 amide bonds. The van der Waals surface area contributed by atoms with Gasteiger partial charge in [-0.1, -0.05) is 54.6 Å². The first-order valence-electron chi connectivity index (χ1n) is 10.1. The van der Waals surface area contributed by atoms with Gasteiger partial charge in [0.25, 0.3) is 0 Å². The minimum atomic E-state index is 0.252. The van der Waals surface area contributed by atoms with Crippen LogP contribution in [0, 0.1) is 0 Å². The van der Waals surface area contributed by atoms with E-state index < -0.39 is 0 Å². The van der Waals surface area contributed by atoms with Crippen LogP contribution in [0.4, 0.5) is 22.9 Å². The van der Waals surface area contributed by atoms with E-state index in [2.05, 4.69) is 20.4 Å². The van der Waals surface area contributed by atoms with Gasteiger partial charge < -0.3 is 10.5 Å². The van der Waals surface area contributed by atoms with Crippen LogP contribution in [0.1, 0.15) is 0 Å². The second-order valence-electron chi connectivity index (χ2n) is 6.99. The van der Waals surface area contributed by atoms with E-state index in [4.69, 9.17) is 10.5 Å². The number of nitrogens with one attached hydrogen (secondary N) is 1. The van der Waals surface area contributed by atoms with Crippen LogP contribution in [0.15, 0.2) is 104 Å². The predicted octanol–water partition coefficient (Wildman–Crippen LogP) is 5.56. The number of benzene rings is 3. The van der Waals surface area contributed by atoms with Crippen LogP contribution in [-0.2, 0) is 0 Å². The summed E-state index contributed by atoms with van der Waals surface area (Å²) in [5, 5.41) is 2.87. The summed E-state index contributed by atoms with van der Waals surface area (Å²) in [6, 6.07) is 29.4. The van der Waals surface area contributed by atoms with E-state index in [1.807, 2.05) is 96.0 Å². The van der Waals surface area contributed by atoms with Gasteiger partial charge in [-0.25, -0.2) is 4.98 Å². The maximum absolute atomic E-state index is 6.42. The topological polar surface area (TPSA) is 89.2 Å². The largest absolute Gasteiger partial charge is 0.435 e. The van der Waals surface area contributed by atoms with E-state index in [0.717, 1.165) is 22.3 Å². The molecule has 0 aliphatic heterocycles. The van der Waals surface area contributed by atoms with Gasteiger partial charge in [0.1, 0.15) is 17.5 Å². The third-order valence-corrected chi connectivity index (χ3v) is 4.90. The van der Waals surface area contributed by atoms with Gasteiger partial charge in [-0.3, -0.25) is 15.4 Å². The normalized spacial score (nSPS) is 10.6. The number of pyridine rings is 1. The minimum absolute atomic E-state index is 0.252. The molecule has 0 aliphatic rings. The smallest absolute Gasteiger partial charge is 0.248 e.